The fraction of sp³-hybridized carbons (Fsp3) is 0.375. The predicted molar refractivity (Wildman–Crippen MR) is 206 cm³/mol. The van der Waals surface area contributed by atoms with Crippen molar-refractivity contribution >= 4 is 17.1 Å². The second-order valence-corrected chi connectivity index (χ2v) is 17.7. The molecular formula is C48H49NO. The lowest BCUT2D eigenvalue weighted by Crippen LogP contribution is -2.56. The first-order chi connectivity index (χ1) is 24.2. The maximum atomic E-state index is 6.72. The van der Waals surface area contributed by atoms with E-state index < -0.39 is 0 Å². The van der Waals surface area contributed by atoms with Crippen LogP contribution in [0.1, 0.15) is 94.9 Å². The lowest BCUT2D eigenvalue weighted by atomic mass is 9.41. The van der Waals surface area contributed by atoms with E-state index in [1.54, 1.807) is 0 Å². The minimum Gasteiger partial charge on any atom is -0.457 e. The van der Waals surface area contributed by atoms with Gasteiger partial charge in [-0.05, 0) is 150 Å². The molecule has 5 aliphatic carbocycles. The molecule has 1 heterocycles. The van der Waals surface area contributed by atoms with Gasteiger partial charge in [0.1, 0.15) is 11.5 Å². The van der Waals surface area contributed by atoms with Gasteiger partial charge in [0.15, 0.2) is 0 Å². The highest BCUT2D eigenvalue weighted by atomic mass is 16.5. The third-order valence-electron chi connectivity index (χ3n) is 13.9. The molecule has 6 aliphatic rings. The summed E-state index contributed by atoms with van der Waals surface area (Å²) >= 11 is 0. The van der Waals surface area contributed by atoms with E-state index in [9.17, 15) is 0 Å². The van der Waals surface area contributed by atoms with Crippen molar-refractivity contribution in [3.63, 3.8) is 0 Å². The highest BCUT2D eigenvalue weighted by molar-refractivity contribution is 5.82. The van der Waals surface area contributed by atoms with Gasteiger partial charge in [-0.2, -0.15) is 0 Å². The largest absolute Gasteiger partial charge is 0.457 e. The molecule has 4 bridgehead atoms. The van der Waals surface area contributed by atoms with E-state index in [0.29, 0.717) is 11.8 Å². The van der Waals surface area contributed by atoms with Gasteiger partial charge in [-0.15, -0.1) is 0 Å². The highest BCUT2D eigenvalue weighted by Crippen LogP contribution is 2.69. The van der Waals surface area contributed by atoms with Crippen LogP contribution in [-0.2, 0) is 16.2 Å². The summed E-state index contributed by atoms with van der Waals surface area (Å²) in [6, 6.07) is 43.4. The zero-order chi connectivity index (χ0) is 33.8. The van der Waals surface area contributed by atoms with E-state index in [4.69, 9.17) is 4.74 Å². The number of nitrogens with zero attached hydrogens (tertiary/aromatic N) is 1. The summed E-state index contributed by atoms with van der Waals surface area (Å²) in [5.41, 5.74) is 12.4. The minimum atomic E-state index is 0.0602. The second-order valence-electron chi connectivity index (χ2n) is 17.7. The van der Waals surface area contributed by atoms with Gasteiger partial charge >= 0.3 is 0 Å². The fourth-order valence-electron chi connectivity index (χ4n) is 11.8. The maximum Gasteiger partial charge on any atom is 0.131 e. The van der Waals surface area contributed by atoms with Crippen LogP contribution in [0.15, 0.2) is 115 Å². The summed E-state index contributed by atoms with van der Waals surface area (Å²) < 4.78 is 6.72. The van der Waals surface area contributed by atoms with E-state index in [1.807, 2.05) is 0 Å². The quantitative estimate of drug-likeness (QED) is 0.191. The van der Waals surface area contributed by atoms with Crippen LogP contribution >= 0.6 is 0 Å². The molecule has 2 heteroatoms. The Hall–Kier alpha value is -4.30. The molecule has 0 unspecified atom stereocenters. The molecule has 4 saturated carbocycles. The first kappa shape index (κ1) is 30.5. The average Bonchev–Trinajstić information content (AvgIpc) is 3.12. The summed E-state index contributed by atoms with van der Waals surface area (Å²) in [5.74, 6) is 5.39. The van der Waals surface area contributed by atoms with Crippen molar-refractivity contribution in [2.75, 3.05) is 4.90 Å². The molecule has 0 aromatic heterocycles. The fourth-order valence-corrected chi connectivity index (χ4v) is 11.8. The lowest BCUT2D eigenvalue weighted by Gasteiger charge is -2.63. The van der Waals surface area contributed by atoms with Crippen molar-refractivity contribution in [3.8, 4) is 22.6 Å². The smallest absolute Gasteiger partial charge is 0.131 e. The number of rotatable bonds is 4. The SMILES string of the molecule is CC1(C)CCC(C)(C)c2c(N(c3ccccc3)c3ccc(-c4ccc5c(c4)C4(c6ccccc6O5)C5CC6CC(C5)CC4C6)cc3)cccc21. The summed E-state index contributed by atoms with van der Waals surface area (Å²) in [5, 5.41) is 0. The third kappa shape index (κ3) is 4.39. The van der Waals surface area contributed by atoms with Crippen LogP contribution in [0, 0.1) is 23.7 Å². The van der Waals surface area contributed by atoms with Gasteiger partial charge in [0.2, 0.25) is 0 Å². The zero-order valence-electron chi connectivity index (χ0n) is 30.1. The van der Waals surface area contributed by atoms with Gasteiger partial charge in [0.05, 0.1) is 5.69 Å². The van der Waals surface area contributed by atoms with Crippen LogP contribution in [0.5, 0.6) is 11.5 Å². The Bertz CT molecular complexity index is 2080. The van der Waals surface area contributed by atoms with Crippen LogP contribution in [0.25, 0.3) is 11.1 Å². The molecule has 5 aromatic carbocycles. The first-order valence-corrected chi connectivity index (χ1v) is 19.2. The molecule has 0 saturated heterocycles. The lowest BCUT2D eigenvalue weighted by molar-refractivity contribution is -0.0452. The van der Waals surface area contributed by atoms with Gasteiger partial charge in [-0.3, -0.25) is 0 Å². The molecular weight excluding hydrogens is 607 g/mol. The summed E-state index contributed by atoms with van der Waals surface area (Å²) in [6.45, 7) is 9.71. The zero-order valence-corrected chi connectivity index (χ0v) is 30.1. The van der Waals surface area contributed by atoms with Crippen molar-refractivity contribution in [2.45, 2.75) is 88.9 Å². The van der Waals surface area contributed by atoms with E-state index in [0.717, 1.165) is 23.3 Å². The van der Waals surface area contributed by atoms with Crippen LogP contribution in [0.2, 0.25) is 0 Å². The van der Waals surface area contributed by atoms with Crippen LogP contribution in [-0.4, -0.2) is 0 Å². The normalized spacial score (nSPS) is 27.6. The summed E-state index contributed by atoms with van der Waals surface area (Å²) in [6.07, 6.45) is 9.32. The standard InChI is InChI=1S/C48H49NO/c1-46(2)23-24-47(3,4)45-40(46)14-10-15-42(45)49(37-11-6-5-7-12-37)38-20-17-33(18-21-38)34-19-22-44-41(30-34)48(39-13-8-9-16-43(39)50-44)35-26-31-25-32(28-35)29-36(48)27-31/h5-22,30-32,35-36H,23-29H2,1-4H3. The summed E-state index contributed by atoms with van der Waals surface area (Å²) in [4.78, 5) is 2.49. The Kier molecular flexibility index (Phi) is 6.62. The molecule has 1 spiro atoms. The Morgan fingerprint density at radius 2 is 1.12 bits per heavy atom. The number of anilines is 3. The molecule has 0 atom stereocenters. The first-order valence-electron chi connectivity index (χ1n) is 19.2. The molecule has 252 valence electrons. The number of benzene rings is 5. The molecule has 4 fully saturated rings. The van der Waals surface area contributed by atoms with Gasteiger partial charge in [0, 0.05) is 27.9 Å². The molecule has 5 aromatic rings. The van der Waals surface area contributed by atoms with Crippen LogP contribution in [0.4, 0.5) is 17.1 Å². The summed E-state index contributed by atoms with van der Waals surface area (Å²) in [7, 11) is 0. The number of hydrogen-bond acceptors (Lipinski definition) is 2. The Labute approximate surface area is 298 Å². The number of fused-ring (bicyclic) bond motifs is 3. The van der Waals surface area contributed by atoms with Crippen molar-refractivity contribution in [1.29, 1.82) is 0 Å². The van der Waals surface area contributed by atoms with Crippen molar-refractivity contribution < 1.29 is 4.74 Å². The average molecular weight is 656 g/mol. The Morgan fingerprint density at radius 1 is 0.520 bits per heavy atom. The van der Waals surface area contributed by atoms with E-state index >= 15 is 0 Å². The highest BCUT2D eigenvalue weighted by Gasteiger charge is 2.61. The molecule has 0 amide bonds. The molecule has 0 N–H and O–H groups in total. The molecule has 2 nitrogen and oxygen atoms in total. The van der Waals surface area contributed by atoms with Crippen molar-refractivity contribution in [1.82, 2.24) is 0 Å². The van der Waals surface area contributed by atoms with Gasteiger partial charge in [0.25, 0.3) is 0 Å². The second kappa shape index (κ2) is 10.8. The minimum absolute atomic E-state index is 0.0602. The molecule has 50 heavy (non-hydrogen) atoms. The topological polar surface area (TPSA) is 12.5 Å². The third-order valence-corrected chi connectivity index (χ3v) is 13.9. The Morgan fingerprint density at radius 3 is 1.86 bits per heavy atom. The predicted octanol–water partition coefficient (Wildman–Crippen LogP) is 13.0. The van der Waals surface area contributed by atoms with Gasteiger partial charge in [-0.1, -0.05) is 94.4 Å². The molecule has 1 aliphatic heterocycles. The van der Waals surface area contributed by atoms with Gasteiger partial charge in [-0.25, -0.2) is 0 Å². The van der Waals surface area contributed by atoms with Gasteiger partial charge < -0.3 is 9.64 Å². The molecule has 11 rings (SSSR count). The Balaban J connectivity index is 1.08. The number of ether oxygens (including phenoxy) is 1. The van der Waals surface area contributed by atoms with E-state index in [2.05, 4.69) is 148 Å². The van der Waals surface area contributed by atoms with Crippen molar-refractivity contribution in [2.24, 2.45) is 23.7 Å². The monoisotopic (exact) mass is 655 g/mol. The maximum absolute atomic E-state index is 6.72. The van der Waals surface area contributed by atoms with Crippen LogP contribution < -0.4 is 9.64 Å². The van der Waals surface area contributed by atoms with Crippen LogP contribution in [0.3, 0.4) is 0 Å². The van der Waals surface area contributed by atoms with E-state index in [1.165, 1.54) is 95.4 Å². The molecule has 0 radical (unpaired) electrons. The van der Waals surface area contributed by atoms with Crippen molar-refractivity contribution in [3.05, 3.63) is 138 Å². The van der Waals surface area contributed by atoms with E-state index in [-0.39, 0.29) is 16.2 Å². The number of hydrogen-bond donors (Lipinski definition) is 0. The number of para-hydroxylation sites is 2.